The van der Waals surface area contributed by atoms with Crippen LogP contribution in [0.1, 0.15) is 28.7 Å². The van der Waals surface area contributed by atoms with Crippen LogP contribution in [0.5, 0.6) is 0 Å². The van der Waals surface area contributed by atoms with Gasteiger partial charge in [0.1, 0.15) is 11.5 Å². The van der Waals surface area contributed by atoms with Crippen molar-refractivity contribution in [3.8, 4) is 0 Å². The molecule has 0 unspecified atom stereocenters. The van der Waals surface area contributed by atoms with E-state index in [-0.39, 0.29) is 11.9 Å². The second-order valence-electron chi connectivity index (χ2n) is 5.54. The Bertz CT molecular complexity index is 780. The highest BCUT2D eigenvalue weighted by Crippen LogP contribution is 2.21. The van der Waals surface area contributed by atoms with E-state index in [1.807, 2.05) is 79.7 Å². The van der Waals surface area contributed by atoms with Gasteiger partial charge in [-0.25, -0.2) is 0 Å². The van der Waals surface area contributed by atoms with E-state index in [2.05, 4.69) is 5.32 Å². The monoisotopic (exact) mass is 317 g/mol. The Balaban J connectivity index is 1.79. The Hall–Kier alpha value is -3.07. The van der Waals surface area contributed by atoms with Crippen molar-refractivity contribution in [3.05, 3.63) is 102 Å². The molecule has 3 nitrogen and oxygen atoms in total. The van der Waals surface area contributed by atoms with Gasteiger partial charge in [0, 0.05) is 6.08 Å². The molecule has 0 saturated heterocycles. The van der Waals surface area contributed by atoms with Crippen LogP contribution in [0.25, 0.3) is 6.08 Å². The smallest absolute Gasteiger partial charge is 0.244 e. The Morgan fingerprint density at radius 2 is 1.50 bits per heavy atom. The minimum atomic E-state index is -0.192. The Labute approximate surface area is 141 Å². The minimum absolute atomic E-state index is 0.165. The summed E-state index contributed by atoms with van der Waals surface area (Å²) in [6.45, 7) is 1.87. The lowest BCUT2D eigenvalue weighted by Crippen LogP contribution is -2.27. The summed E-state index contributed by atoms with van der Waals surface area (Å²) in [4.78, 5) is 12.3. The van der Waals surface area contributed by atoms with Gasteiger partial charge < -0.3 is 9.73 Å². The predicted octanol–water partition coefficient (Wildman–Crippen LogP) is 4.51. The van der Waals surface area contributed by atoms with E-state index < -0.39 is 0 Å². The fourth-order valence-corrected chi connectivity index (χ4v) is 2.54. The van der Waals surface area contributed by atoms with Crippen LogP contribution in [0.4, 0.5) is 0 Å². The molecule has 120 valence electrons. The molecule has 0 fully saturated rings. The molecule has 0 radical (unpaired) electrons. The summed E-state index contributed by atoms with van der Waals surface area (Å²) in [5, 5.41) is 3.06. The molecule has 24 heavy (non-hydrogen) atoms. The van der Waals surface area contributed by atoms with Gasteiger partial charge in [-0.2, -0.15) is 0 Å². The third-order valence-electron chi connectivity index (χ3n) is 3.71. The Kier molecular flexibility index (Phi) is 4.92. The van der Waals surface area contributed by atoms with E-state index in [1.165, 1.54) is 6.08 Å². The molecule has 2 aromatic carbocycles. The van der Waals surface area contributed by atoms with Crippen molar-refractivity contribution in [2.75, 3.05) is 0 Å². The molecule has 1 aromatic heterocycles. The van der Waals surface area contributed by atoms with Crippen molar-refractivity contribution in [1.82, 2.24) is 5.32 Å². The van der Waals surface area contributed by atoms with Crippen LogP contribution in [0.2, 0.25) is 0 Å². The molecule has 0 aliphatic rings. The summed E-state index contributed by atoms with van der Waals surface area (Å²) in [7, 11) is 0. The van der Waals surface area contributed by atoms with Crippen LogP contribution in [0, 0.1) is 6.92 Å². The second kappa shape index (κ2) is 7.47. The first-order valence-electron chi connectivity index (χ1n) is 7.87. The number of hydrogen-bond acceptors (Lipinski definition) is 2. The molecule has 3 rings (SSSR count). The van der Waals surface area contributed by atoms with Crippen LogP contribution in [-0.4, -0.2) is 5.91 Å². The van der Waals surface area contributed by atoms with Gasteiger partial charge in [-0.05, 0) is 36.3 Å². The highest BCUT2D eigenvalue weighted by Gasteiger charge is 2.15. The normalized spacial score (nSPS) is 11.1. The largest absolute Gasteiger partial charge is 0.462 e. The summed E-state index contributed by atoms with van der Waals surface area (Å²) in [5.41, 5.74) is 2.08. The zero-order valence-corrected chi connectivity index (χ0v) is 13.5. The van der Waals surface area contributed by atoms with Crippen molar-refractivity contribution in [1.29, 1.82) is 0 Å². The van der Waals surface area contributed by atoms with Gasteiger partial charge in [-0.15, -0.1) is 0 Å². The molecule has 0 spiro atoms. The molecule has 0 atom stereocenters. The molecule has 0 bridgehead atoms. The van der Waals surface area contributed by atoms with Gasteiger partial charge in [0.05, 0.1) is 6.04 Å². The number of nitrogens with one attached hydrogen (secondary N) is 1. The van der Waals surface area contributed by atoms with Crippen molar-refractivity contribution in [2.45, 2.75) is 13.0 Å². The zero-order valence-electron chi connectivity index (χ0n) is 13.5. The minimum Gasteiger partial charge on any atom is -0.462 e. The van der Waals surface area contributed by atoms with Crippen molar-refractivity contribution >= 4 is 12.0 Å². The van der Waals surface area contributed by atoms with E-state index >= 15 is 0 Å². The Morgan fingerprint density at radius 1 is 0.917 bits per heavy atom. The maximum absolute atomic E-state index is 12.3. The van der Waals surface area contributed by atoms with Gasteiger partial charge in [0.25, 0.3) is 0 Å². The van der Waals surface area contributed by atoms with E-state index in [0.717, 1.165) is 16.9 Å². The standard InChI is InChI=1S/C21H19NO2/c1-16-12-13-19(24-16)14-15-20(23)22-21(17-8-4-2-5-9-17)18-10-6-3-7-11-18/h2-15,21H,1H3,(H,22,23). The third-order valence-corrected chi connectivity index (χ3v) is 3.71. The van der Waals surface area contributed by atoms with Crippen LogP contribution in [-0.2, 0) is 4.79 Å². The molecule has 0 aliphatic heterocycles. The van der Waals surface area contributed by atoms with Gasteiger partial charge in [-0.1, -0.05) is 60.7 Å². The zero-order chi connectivity index (χ0) is 16.8. The SMILES string of the molecule is Cc1ccc(C=CC(=O)NC(c2ccccc2)c2ccccc2)o1. The van der Waals surface area contributed by atoms with Crippen LogP contribution < -0.4 is 5.32 Å². The lowest BCUT2D eigenvalue weighted by atomic mass is 9.99. The highest BCUT2D eigenvalue weighted by molar-refractivity contribution is 5.91. The molecule has 1 N–H and O–H groups in total. The molecular weight excluding hydrogens is 298 g/mol. The van der Waals surface area contributed by atoms with Gasteiger partial charge >= 0.3 is 0 Å². The van der Waals surface area contributed by atoms with Gasteiger partial charge in [0.15, 0.2) is 0 Å². The summed E-state index contributed by atoms with van der Waals surface area (Å²) in [5.74, 6) is 1.32. The van der Waals surface area contributed by atoms with Crippen molar-refractivity contribution < 1.29 is 9.21 Å². The summed E-state index contributed by atoms with van der Waals surface area (Å²) in [6.07, 6.45) is 3.17. The molecule has 3 aromatic rings. The topological polar surface area (TPSA) is 42.2 Å². The van der Waals surface area contributed by atoms with Gasteiger partial charge in [0.2, 0.25) is 5.91 Å². The number of hydrogen-bond donors (Lipinski definition) is 1. The maximum atomic E-state index is 12.3. The highest BCUT2D eigenvalue weighted by atomic mass is 16.3. The predicted molar refractivity (Wildman–Crippen MR) is 95.3 cm³/mol. The van der Waals surface area contributed by atoms with Crippen LogP contribution in [0.3, 0.4) is 0 Å². The number of benzene rings is 2. The van der Waals surface area contributed by atoms with Crippen LogP contribution in [0.15, 0.2) is 83.3 Å². The van der Waals surface area contributed by atoms with Crippen molar-refractivity contribution in [2.24, 2.45) is 0 Å². The first-order chi connectivity index (χ1) is 11.7. The van der Waals surface area contributed by atoms with Crippen LogP contribution >= 0.6 is 0 Å². The molecule has 0 saturated carbocycles. The first-order valence-corrected chi connectivity index (χ1v) is 7.87. The van der Waals surface area contributed by atoms with E-state index in [4.69, 9.17) is 4.42 Å². The van der Waals surface area contributed by atoms with E-state index in [9.17, 15) is 4.79 Å². The fraction of sp³-hybridized carbons (Fsp3) is 0.0952. The lowest BCUT2D eigenvalue weighted by molar-refractivity contribution is -0.116. The number of rotatable bonds is 5. The quantitative estimate of drug-likeness (QED) is 0.704. The molecule has 1 heterocycles. The number of carbonyl (C=O) groups excluding carboxylic acids is 1. The maximum Gasteiger partial charge on any atom is 0.244 e. The number of aryl methyl sites for hydroxylation is 1. The number of carbonyl (C=O) groups is 1. The number of furan rings is 1. The van der Waals surface area contributed by atoms with E-state index in [0.29, 0.717) is 5.76 Å². The average Bonchev–Trinajstić information content (AvgIpc) is 3.05. The number of amides is 1. The fourth-order valence-electron chi connectivity index (χ4n) is 2.54. The molecular formula is C21H19NO2. The Morgan fingerprint density at radius 3 is 2.00 bits per heavy atom. The third kappa shape index (κ3) is 4.02. The first kappa shape index (κ1) is 15.8. The molecule has 0 aliphatic carbocycles. The summed E-state index contributed by atoms with van der Waals surface area (Å²) < 4.78 is 5.44. The van der Waals surface area contributed by atoms with E-state index in [1.54, 1.807) is 6.08 Å². The van der Waals surface area contributed by atoms with Crippen molar-refractivity contribution in [3.63, 3.8) is 0 Å². The molecule has 1 amide bonds. The van der Waals surface area contributed by atoms with Gasteiger partial charge in [-0.3, -0.25) is 4.79 Å². The summed E-state index contributed by atoms with van der Waals surface area (Å²) in [6, 6.07) is 23.4. The molecule has 3 heteroatoms. The summed E-state index contributed by atoms with van der Waals surface area (Å²) >= 11 is 0. The second-order valence-corrected chi connectivity index (χ2v) is 5.54. The average molecular weight is 317 g/mol. The lowest BCUT2D eigenvalue weighted by Gasteiger charge is -2.19.